The molecule has 0 unspecified atom stereocenters. The summed E-state index contributed by atoms with van der Waals surface area (Å²) in [7, 11) is 8.38. The molecule has 2 aromatic carbocycles. The van der Waals surface area contributed by atoms with E-state index in [-0.39, 0.29) is 5.91 Å². The molecule has 0 aliphatic rings. The Balaban J connectivity index is 2.08. The quantitative estimate of drug-likeness (QED) is 0.595. The van der Waals surface area contributed by atoms with E-state index in [0.29, 0.717) is 23.6 Å². The normalized spacial score (nSPS) is 10.6. The predicted molar refractivity (Wildman–Crippen MR) is 115 cm³/mol. The van der Waals surface area contributed by atoms with E-state index in [0.717, 1.165) is 28.1 Å². The number of hydrogen-bond acceptors (Lipinski definition) is 5. The molecule has 158 valence electrons. The van der Waals surface area contributed by atoms with Gasteiger partial charge in [0.05, 0.1) is 39.9 Å². The molecule has 0 aliphatic heterocycles. The third-order valence-electron chi connectivity index (χ3n) is 5.14. The molecule has 0 spiro atoms. The van der Waals surface area contributed by atoms with Gasteiger partial charge in [-0.1, -0.05) is 12.1 Å². The number of methoxy groups -OCH3 is 3. The Bertz CT molecular complexity index is 1060. The summed E-state index contributed by atoms with van der Waals surface area (Å²) < 4.78 is 18.6. The highest BCUT2D eigenvalue weighted by Gasteiger charge is 2.25. The molecule has 1 aromatic heterocycles. The van der Waals surface area contributed by atoms with Crippen molar-refractivity contribution in [2.45, 2.75) is 13.5 Å². The molecule has 0 fully saturated rings. The Labute approximate surface area is 176 Å². The zero-order valence-electron chi connectivity index (χ0n) is 18.2. The fraction of sp³-hybridized carbons (Fsp3) is 0.304. The van der Waals surface area contributed by atoms with E-state index in [9.17, 15) is 4.79 Å². The van der Waals surface area contributed by atoms with E-state index in [1.165, 1.54) is 0 Å². The van der Waals surface area contributed by atoms with Crippen LogP contribution in [0.25, 0.3) is 11.1 Å². The maximum absolute atomic E-state index is 13.4. The minimum Gasteiger partial charge on any atom is -0.496 e. The van der Waals surface area contributed by atoms with Crippen molar-refractivity contribution in [3.63, 3.8) is 0 Å². The minimum atomic E-state index is -0.203. The van der Waals surface area contributed by atoms with Crippen LogP contribution in [0.2, 0.25) is 0 Å². The lowest BCUT2D eigenvalue weighted by Crippen LogP contribution is -2.28. The van der Waals surface area contributed by atoms with Gasteiger partial charge in [0.2, 0.25) is 0 Å². The third-order valence-corrected chi connectivity index (χ3v) is 5.14. The molecule has 0 atom stereocenters. The van der Waals surface area contributed by atoms with Gasteiger partial charge in [-0.25, -0.2) is 4.98 Å². The number of aryl methyl sites for hydroxylation is 2. The van der Waals surface area contributed by atoms with Gasteiger partial charge >= 0.3 is 0 Å². The van der Waals surface area contributed by atoms with Crippen molar-refractivity contribution in [1.29, 1.82) is 0 Å². The molecule has 3 aromatic rings. The first-order chi connectivity index (χ1) is 14.4. The molecule has 7 heteroatoms. The van der Waals surface area contributed by atoms with Gasteiger partial charge < -0.3 is 23.7 Å². The number of benzene rings is 2. The second-order valence-electron chi connectivity index (χ2n) is 7.07. The lowest BCUT2D eigenvalue weighted by atomic mass is 9.98. The van der Waals surface area contributed by atoms with E-state index in [2.05, 4.69) is 4.98 Å². The second-order valence-corrected chi connectivity index (χ2v) is 7.07. The average Bonchev–Trinajstić information content (AvgIpc) is 3.16. The number of amides is 1. The number of nitrogens with zero attached hydrogens (tertiary/aromatic N) is 3. The fourth-order valence-electron chi connectivity index (χ4n) is 3.41. The first kappa shape index (κ1) is 21.2. The monoisotopic (exact) mass is 409 g/mol. The Kier molecular flexibility index (Phi) is 6.30. The van der Waals surface area contributed by atoms with Crippen LogP contribution in [-0.4, -0.2) is 48.7 Å². The molecule has 0 radical (unpaired) electrons. The van der Waals surface area contributed by atoms with Crippen LogP contribution in [0.1, 0.15) is 21.6 Å². The van der Waals surface area contributed by atoms with Crippen LogP contribution in [-0.2, 0) is 13.6 Å². The summed E-state index contributed by atoms with van der Waals surface area (Å²) in [5, 5.41) is 0. The highest BCUT2D eigenvalue weighted by atomic mass is 16.5. The average molecular weight is 409 g/mol. The van der Waals surface area contributed by atoms with Gasteiger partial charge in [0.25, 0.3) is 5.91 Å². The van der Waals surface area contributed by atoms with Crippen LogP contribution in [0, 0.1) is 6.92 Å². The Morgan fingerprint density at radius 2 is 1.80 bits per heavy atom. The summed E-state index contributed by atoms with van der Waals surface area (Å²) in [5.74, 6) is 1.48. The van der Waals surface area contributed by atoms with Crippen molar-refractivity contribution in [1.82, 2.24) is 14.5 Å². The minimum absolute atomic E-state index is 0.203. The number of imidazole rings is 1. The Hall–Kier alpha value is -3.48. The molecule has 0 bridgehead atoms. The molecule has 0 saturated carbocycles. The zero-order valence-corrected chi connectivity index (χ0v) is 18.2. The van der Waals surface area contributed by atoms with E-state index in [4.69, 9.17) is 14.2 Å². The number of rotatable bonds is 7. The van der Waals surface area contributed by atoms with Gasteiger partial charge in [0.15, 0.2) is 0 Å². The predicted octanol–water partition coefficient (Wildman–Crippen LogP) is 3.69. The van der Waals surface area contributed by atoms with Gasteiger partial charge in [-0.2, -0.15) is 0 Å². The highest BCUT2D eigenvalue weighted by Crippen LogP contribution is 2.40. The van der Waals surface area contributed by atoms with Crippen LogP contribution in [0.5, 0.6) is 17.2 Å². The summed E-state index contributed by atoms with van der Waals surface area (Å²) in [6, 6.07) is 9.58. The summed E-state index contributed by atoms with van der Waals surface area (Å²) in [6.45, 7) is 2.39. The van der Waals surface area contributed by atoms with Gasteiger partial charge in [0, 0.05) is 25.9 Å². The smallest absolute Gasteiger partial charge is 0.261 e. The molecule has 1 heterocycles. The van der Waals surface area contributed by atoms with Gasteiger partial charge in [-0.3, -0.25) is 4.79 Å². The fourth-order valence-corrected chi connectivity index (χ4v) is 3.41. The molecule has 0 saturated heterocycles. The van der Waals surface area contributed by atoms with Crippen LogP contribution >= 0.6 is 0 Å². The van der Waals surface area contributed by atoms with E-state index < -0.39 is 0 Å². The third kappa shape index (κ3) is 3.96. The van der Waals surface area contributed by atoms with Crippen molar-refractivity contribution in [3.05, 3.63) is 59.7 Å². The van der Waals surface area contributed by atoms with Gasteiger partial charge in [-0.05, 0) is 36.2 Å². The van der Waals surface area contributed by atoms with E-state index in [1.807, 2.05) is 42.8 Å². The second kappa shape index (κ2) is 8.90. The highest BCUT2D eigenvalue weighted by molar-refractivity contribution is 6.02. The first-order valence-corrected chi connectivity index (χ1v) is 9.51. The Morgan fingerprint density at radius 3 is 2.40 bits per heavy atom. The maximum Gasteiger partial charge on any atom is 0.261 e. The Morgan fingerprint density at radius 1 is 1.07 bits per heavy atom. The van der Waals surface area contributed by atoms with Crippen LogP contribution < -0.4 is 14.2 Å². The number of hydrogen-bond donors (Lipinski definition) is 0. The molecule has 0 N–H and O–H groups in total. The van der Waals surface area contributed by atoms with Crippen LogP contribution in [0.4, 0.5) is 0 Å². The van der Waals surface area contributed by atoms with E-state index in [1.54, 1.807) is 51.9 Å². The summed E-state index contributed by atoms with van der Waals surface area (Å²) >= 11 is 0. The maximum atomic E-state index is 13.4. The summed E-state index contributed by atoms with van der Waals surface area (Å²) in [5.41, 5.74) is 4.00. The number of aromatic nitrogens is 2. The molecule has 7 nitrogen and oxygen atoms in total. The summed E-state index contributed by atoms with van der Waals surface area (Å²) in [4.78, 5) is 19.2. The standard InChI is InChI=1S/C23H27N3O4/c1-15-7-8-16(11-20(15)29-5)18-9-10-19(28-4)21(22(18)30-6)23(27)25(2)13-17-12-24-14-26(17)3/h7-12,14H,13H2,1-6H3. The van der Waals surface area contributed by atoms with Crippen molar-refractivity contribution in [3.8, 4) is 28.4 Å². The molecule has 0 aliphatic carbocycles. The molecule has 1 amide bonds. The topological polar surface area (TPSA) is 65.8 Å². The van der Waals surface area contributed by atoms with Gasteiger partial charge in [-0.15, -0.1) is 0 Å². The van der Waals surface area contributed by atoms with Crippen molar-refractivity contribution in [2.75, 3.05) is 28.4 Å². The SMILES string of the molecule is COc1cc(-c2ccc(OC)c(C(=O)N(C)Cc3cncn3C)c2OC)ccc1C. The number of carbonyl (C=O) groups is 1. The largest absolute Gasteiger partial charge is 0.496 e. The van der Waals surface area contributed by atoms with Crippen LogP contribution in [0.3, 0.4) is 0 Å². The molecular formula is C23H27N3O4. The lowest BCUT2D eigenvalue weighted by molar-refractivity contribution is 0.0775. The lowest BCUT2D eigenvalue weighted by Gasteiger charge is -2.22. The molecular weight excluding hydrogens is 382 g/mol. The van der Waals surface area contributed by atoms with Crippen molar-refractivity contribution >= 4 is 5.91 Å². The first-order valence-electron chi connectivity index (χ1n) is 9.51. The van der Waals surface area contributed by atoms with E-state index >= 15 is 0 Å². The van der Waals surface area contributed by atoms with Gasteiger partial charge in [0.1, 0.15) is 22.8 Å². The van der Waals surface area contributed by atoms with Crippen molar-refractivity contribution in [2.24, 2.45) is 7.05 Å². The van der Waals surface area contributed by atoms with Crippen LogP contribution in [0.15, 0.2) is 42.9 Å². The number of carbonyl (C=O) groups excluding carboxylic acids is 1. The summed E-state index contributed by atoms with van der Waals surface area (Å²) in [6.07, 6.45) is 3.45. The molecule has 30 heavy (non-hydrogen) atoms. The molecule has 3 rings (SSSR count). The van der Waals surface area contributed by atoms with Crippen molar-refractivity contribution < 1.29 is 19.0 Å². The zero-order chi connectivity index (χ0) is 21.8. The number of ether oxygens (including phenoxy) is 3.